The maximum absolute atomic E-state index is 15.1. The van der Waals surface area contributed by atoms with Gasteiger partial charge >= 0.3 is 6.09 Å². The minimum Gasteiger partial charge on any atom is -0.444 e. The van der Waals surface area contributed by atoms with Crippen molar-refractivity contribution in [1.82, 2.24) is 20.3 Å². The van der Waals surface area contributed by atoms with Crippen molar-refractivity contribution in [3.63, 3.8) is 0 Å². The molecule has 0 fully saturated rings. The molecule has 1 amide bonds. The predicted molar refractivity (Wildman–Crippen MR) is 163 cm³/mol. The topological polar surface area (TPSA) is 110 Å². The number of benzene rings is 1. The third kappa shape index (κ3) is 5.26. The zero-order valence-corrected chi connectivity index (χ0v) is 26.1. The molecule has 8 nitrogen and oxygen atoms in total. The Kier molecular flexibility index (Phi) is 7.97. The summed E-state index contributed by atoms with van der Waals surface area (Å²) in [6, 6.07) is 2.15. The van der Waals surface area contributed by atoms with E-state index >= 15 is 4.39 Å². The molecule has 2 aromatic heterocycles. The fraction of sp³-hybridized carbons (Fsp3) is 0.346. The number of hydrogen-bond donors (Lipinski definition) is 3. The zero-order chi connectivity index (χ0) is 29.0. The van der Waals surface area contributed by atoms with E-state index in [4.69, 9.17) is 26.1 Å². The van der Waals surface area contributed by atoms with Gasteiger partial charge in [0.1, 0.15) is 11.7 Å². The number of aromatic nitrogens is 3. The molecule has 5 rings (SSSR count). The van der Waals surface area contributed by atoms with Gasteiger partial charge in [-0.2, -0.15) is 5.26 Å². The molecule has 0 atom stereocenters. The van der Waals surface area contributed by atoms with Crippen LogP contribution in [0.5, 0.6) is 0 Å². The van der Waals surface area contributed by atoms with Crippen molar-refractivity contribution in [2.75, 3.05) is 11.5 Å². The average molecular weight is 638 g/mol. The number of amides is 1. The van der Waals surface area contributed by atoms with E-state index in [1.165, 1.54) is 0 Å². The van der Waals surface area contributed by atoms with Gasteiger partial charge in [0.25, 0.3) is 0 Å². The second-order valence-electron chi connectivity index (χ2n) is 10.0. The Hall–Kier alpha value is -2.21. The van der Waals surface area contributed by atoms with Crippen LogP contribution in [-0.2, 0) is 22.7 Å². The molecular formula is C26H25ClFN5O3S4. The molecule has 0 radical (unpaired) electrons. The fourth-order valence-corrected chi connectivity index (χ4v) is 7.11. The number of alkyl carbamates (subject to hydrolysis) is 1. The highest BCUT2D eigenvalue weighted by Gasteiger charge is 2.33. The largest absolute Gasteiger partial charge is 0.444 e. The van der Waals surface area contributed by atoms with Crippen LogP contribution in [-0.4, -0.2) is 38.2 Å². The first-order valence-electron chi connectivity index (χ1n) is 12.1. The van der Waals surface area contributed by atoms with Crippen LogP contribution >= 0.6 is 54.8 Å². The van der Waals surface area contributed by atoms with Crippen LogP contribution in [0.3, 0.4) is 0 Å². The van der Waals surface area contributed by atoms with Crippen molar-refractivity contribution in [2.24, 2.45) is 0 Å². The molecule has 2 aliphatic rings. The first-order chi connectivity index (χ1) is 18.9. The van der Waals surface area contributed by atoms with Crippen molar-refractivity contribution in [1.29, 1.82) is 5.26 Å². The molecule has 210 valence electrons. The number of hydrogen-bond acceptors (Lipinski definition) is 10. The molecule has 1 N–H and O–H groups in total. The van der Waals surface area contributed by atoms with Crippen LogP contribution in [0.15, 0.2) is 28.1 Å². The van der Waals surface area contributed by atoms with E-state index in [9.17, 15) is 10.1 Å². The summed E-state index contributed by atoms with van der Waals surface area (Å²) in [4.78, 5) is 26.5. The first kappa shape index (κ1) is 29.3. The molecule has 0 aliphatic carbocycles. The SMILES string of the molecule is CCS(S)(S)c1ncc2c3c(c(-c4ncc(F)c5c4C(C#N)=C(NC(=O)OC(C)(C)C)CS5)c(Cl)c2n1)COC3. The van der Waals surface area contributed by atoms with E-state index in [0.29, 0.717) is 40.0 Å². The summed E-state index contributed by atoms with van der Waals surface area (Å²) in [5.41, 5.74) is 2.72. The summed E-state index contributed by atoms with van der Waals surface area (Å²) in [7, 11) is -1.86. The Balaban J connectivity index is 1.76. The van der Waals surface area contributed by atoms with Crippen molar-refractivity contribution in [3.8, 4) is 17.3 Å². The highest BCUT2D eigenvalue weighted by molar-refractivity contribution is 9.17. The molecule has 4 heterocycles. The second kappa shape index (κ2) is 10.9. The van der Waals surface area contributed by atoms with Gasteiger partial charge in [-0.15, -0.1) is 35.1 Å². The van der Waals surface area contributed by atoms with E-state index in [-0.39, 0.29) is 33.4 Å². The van der Waals surface area contributed by atoms with E-state index in [2.05, 4.69) is 44.7 Å². The zero-order valence-electron chi connectivity index (χ0n) is 22.0. The van der Waals surface area contributed by atoms with Crippen molar-refractivity contribution in [2.45, 2.75) is 56.6 Å². The number of nitrogens with one attached hydrogen (secondary N) is 1. The van der Waals surface area contributed by atoms with Gasteiger partial charge < -0.3 is 9.47 Å². The van der Waals surface area contributed by atoms with Crippen molar-refractivity contribution in [3.05, 3.63) is 45.6 Å². The minimum absolute atomic E-state index is 0.0778. The normalized spacial score (nSPS) is 15.5. The third-order valence-corrected chi connectivity index (χ3v) is 11.9. The number of thioether (sulfide) groups is 1. The number of thiol groups is 2. The van der Waals surface area contributed by atoms with Gasteiger partial charge in [0, 0.05) is 34.2 Å². The summed E-state index contributed by atoms with van der Waals surface area (Å²) in [5.74, 6) is 0.214. The number of pyridine rings is 1. The summed E-state index contributed by atoms with van der Waals surface area (Å²) in [6.45, 7) is 7.71. The molecular weight excluding hydrogens is 613 g/mol. The highest BCUT2D eigenvalue weighted by atomic mass is 35.5. The van der Waals surface area contributed by atoms with Crippen molar-refractivity contribution >= 4 is 77.3 Å². The molecule has 0 unspecified atom stereocenters. The van der Waals surface area contributed by atoms with Crippen LogP contribution in [0.4, 0.5) is 9.18 Å². The van der Waals surface area contributed by atoms with Gasteiger partial charge in [-0.3, -0.25) is 10.3 Å². The molecule has 14 heteroatoms. The number of nitriles is 1. The van der Waals surface area contributed by atoms with Crippen LogP contribution in [0.1, 0.15) is 44.4 Å². The molecule has 0 saturated carbocycles. The Morgan fingerprint density at radius 3 is 2.67 bits per heavy atom. The lowest BCUT2D eigenvalue weighted by Crippen LogP contribution is -2.33. The maximum Gasteiger partial charge on any atom is 0.411 e. The average Bonchev–Trinajstić information content (AvgIpc) is 3.38. The van der Waals surface area contributed by atoms with E-state index in [0.717, 1.165) is 34.5 Å². The Labute approximate surface area is 251 Å². The predicted octanol–water partition coefficient (Wildman–Crippen LogP) is 7.25. The minimum atomic E-state index is -1.86. The lowest BCUT2D eigenvalue weighted by atomic mass is 9.92. The Morgan fingerprint density at radius 2 is 2.00 bits per heavy atom. The number of carbonyl (C=O) groups is 1. The number of ether oxygens (including phenoxy) is 2. The number of halogens is 2. The van der Waals surface area contributed by atoms with E-state index in [1.54, 1.807) is 27.0 Å². The molecule has 1 aromatic carbocycles. The van der Waals surface area contributed by atoms with Gasteiger partial charge in [-0.05, 0) is 37.7 Å². The standard InChI is InChI=1S/C26H25ClFN5O3S4/c1-5-40(37,38)24-31-7-13-14-9-35-10-15(14)18(20(27)21(13)33-24)22-19-12(6-29)17(32-25(34)36-26(2,3)4)11-39-23(19)16(28)8-30-22/h7-8,37-38H,5,9-11H2,1-4H3,(H,32,34). The number of nitrogens with zero attached hydrogens (tertiary/aromatic N) is 4. The van der Waals surface area contributed by atoms with Crippen LogP contribution in [0.25, 0.3) is 27.7 Å². The molecule has 40 heavy (non-hydrogen) atoms. The van der Waals surface area contributed by atoms with Crippen LogP contribution < -0.4 is 5.32 Å². The molecule has 2 aliphatic heterocycles. The van der Waals surface area contributed by atoms with E-state index in [1.807, 2.05) is 6.92 Å². The van der Waals surface area contributed by atoms with Crippen LogP contribution in [0, 0.1) is 17.1 Å². The maximum atomic E-state index is 15.1. The first-order valence-corrected chi connectivity index (χ1v) is 17.4. The fourth-order valence-electron chi connectivity index (χ4n) is 4.48. The van der Waals surface area contributed by atoms with Gasteiger partial charge in [-0.1, -0.05) is 26.6 Å². The summed E-state index contributed by atoms with van der Waals surface area (Å²) in [5, 5.41) is 14.4. The summed E-state index contributed by atoms with van der Waals surface area (Å²) in [6.07, 6.45) is 2.11. The summed E-state index contributed by atoms with van der Waals surface area (Å²) < 4.78 is 26.3. The Bertz CT molecular complexity index is 1650. The molecule has 0 spiro atoms. The van der Waals surface area contributed by atoms with E-state index < -0.39 is 25.6 Å². The smallest absolute Gasteiger partial charge is 0.411 e. The molecule has 3 aromatic rings. The summed E-state index contributed by atoms with van der Waals surface area (Å²) >= 11 is 17.6. The van der Waals surface area contributed by atoms with Crippen LogP contribution in [0.2, 0.25) is 5.02 Å². The number of allylic oxidation sites excluding steroid dienone is 1. The lowest BCUT2D eigenvalue weighted by Gasteiger charge is -2.26. The lowest BCUT2D eigenvalue weighted by molar-refractivity contribution is 0.0546. The van der Waals surface area contributed by atoms with Gasteiger partial charge in [0.05, 0.1) is 46.1 Å². The quantitative estimate of drug-likeness (QED) is 0.156. The van der Waals surface area contributed by atoms with Gasteiger partial charge in [0.15, 0.2) is 11.0 Å². The number of rotatable bonds is 4. The second-order valence-corrected chi connectivity index (χ2v) is 18.3. The monoisotopic (exact) mass is 637 g/mol. The highest BCUT2D eigenvalue weighted by Crippen LogP contribution is 2.62. The molecule has 0 bridgehead atoms. The van der Waals surface area contributed by atoms with Gasteiger partial charge in [0.2, 0.25) is 0 Å². The van der Waals surface area contributed by atoms with Crippen molar-refractivity contribution < 1.29 is 18.7 Å². The third-order valence-electron chi connectivity index (χ3n) is 6.27. The number of fused-ring (bicyclic) bond motifs is 4. The number of carbonyl (C=O) groups excluding carboxylic acids is 1. The van der Waals surface area contributed by atoms with Gasteiger partial charge in [-0.25, -0.2) is 19.2 Å². The molecule has 0 saturated heterocycles. The Morgan fingerprint density at radius 1 is 1.27 bits per heavy atom.